The maximum absolute atomic E-state index is 9.85. The number of aliphatic hydroxyl groups excluding tert-OH is 2. The van der Waals surface area contributed by atoms with Crippen LogP contribution in [0.4, 0.5) is 5.69 Å². The zero-order valence-corrected chi connectivity index (χ0v) is 9.19. The van der Waals surface area contributed by atoms with E-state index in [-0.39, 0.29) is 0 Å². The number of rotatable bonds is 5. The second-order valence-corrected chi connectivity index (χ2v) is 3.70. The molecule has 0 amide bonds. The predicted octanol–water partition coefficient (Wildman–Crippen LogP) is 0.686. The highest BCUT2D eigenvalue weighted by Crippen LogP contribution is 2.25. The van der Waals surface area contributed by atoms with Crippen molar-refractivity contribution in [2.75, 3.05) is 11.2 Å². The number of para-hydroxylation sites is 1. The Balaban J connectivity index is 2.84. The molecular weight excluding hydrogens is 212 g/mol. The van der Waals surface area contributed by atoms with Crippen LogP contribution in [0, 0.1) is 0 Å². The zero-order chi connectivity index (χ0) is 11.3. The molecule has 0 saturated carbocycles. The fourth-order valence-corrected chi connectivity index (χ4v) is 1.65. The highest BCUT2D eigenvalue weighted by molar-refractivity contribution is 7.80. The molecule has 1 rings (SSSR count). The number of hydrogen-bond acceptors (Lipinski definition) is 5. The summed E-state index contributed by atoms with van der Waals surface area (Å²) in [7, 11) is 0. The molecule has 0 aliphatic heterocycles. The first-order valence-corrected chi connectivity index (χ1v) is 5.36. The van der Waals surface area contributed by atoms with Crippen LogP contribution in [0.1, 0.15) is 18.1 Å². The van der Waals surface area contributed by atoms with Gasteiger partial charge in [-0.3, -0.25) is 5.84 Å². The quantitative estimate of drug-likeness (QED) is 0.292. The third-order valence-electron chi connectivity index (χ3n) is 2.22. The Bertz CT molecular complexity index is 309. The average Bonchev–Trinajstić information content (AvgIpc) is 2.28. The minimum atomic E-state index is -0.940. The van der Waals surface area contributed by atoms with E-state index in [2.05, 4.69) is 18.1 Å². The Labute approximate surface area is 94.5 Å². The lowest BCUT2D eigenvalue weighted by Crippen LogP contribution is -2.21. The Morgan fingerprint density at radius 2 is 2.00 bits per heavy atom. The molecule has 84 valence electrons. The third kappa shape index (κ3) is 3.10. The number of benzene rings is 1. The van der Waals surface area contributed by atoms with E-state index in [0.29, 0.717) is 23.4 Å². The number of hydrogen-bond donors (Lipinski definition) is 5. The van der Waals surface area contributed by atoms with E-state index in [0.717, 1.165) is 0 Å². The topological polar surface area (TPSA) is 78.5 Å². The van der Waals surface area contributed by atoms with Crippen molar-refractivity contribution >= 4 is 18.3 Å². The Morgan fingerprint density at radius 3 is 2.60 bits per heavy atom. The van der Waals surface area contributed by atoms with E-state index in [4.69, 9.17) is 5.84 Å². The summed E-state index contributed by atoms with van der Waals surface area (Å²) in [5, 5.41) is 19.5. The van der Waals surface area contributed by atoms with Crippen LogP contribution in [-0.2, 0) is 0 Å². The summed E-state index contributed by atoms with van der Waals surface area (Å²) in [6.07, 6.45) is -1.33. The van der Waals surface area contributed by atoms with Gasteiger partial charge in [-0.15, -0.1) is 0 Å². The SMILES string of the molecule is NNc1ccccc1C(O)C(O)CCS. The molecule has 0 radical (unpaired) electrons. The van der Waals surface area contributed by atoms with Crippen molar-refractivity contribution < 1.29 is 10.2 Å². The molecule has 5 N–H and O–H groups in total. The van der Waals surface area contributed by atoms with Gasteiger partial charge in [-0.1, -0.05) is 18.2 Å². The van der Waals surface area contributed by atoms with Gasteiger partial charge >= 0.3 is 0 Å². The molecule has 2 atom stereocenters. The van der Waals surface area contributed by atoms with E-state index in [1.165, 1.54) is 0 Å². The van der Waals surface area contributed by atoms with E-state index < -0.39 is 12.2 Å². The highest BCUT2D eigenvalue weighted by atomic mass is 32.1. The zero-order valence-electron chi connectivity index (χ0n) is 8.30. The van der Waals surface area contributed by atoms with E-state index in [9.17, 15) is 10.2 Å². The molecule has 2 unspecified atom stereocenters. The smallest absolute Gasteiger partial charge is 0.107 e. The van der Waals surface area contributed by atoms with Crippen LogP contribution in [-0.4, -0.2) is 22.1 Å². The van der Waals surface area contributed by atoms with Crippen molar-refractivity contribution in [2.24, 2.45) is 5.84 Å². The van der Waals surface area contributed by atoms with Gasteiger partial charge in [0.05, 0.1) is 11.8 Å². The highest BCUT2D eigenvalue weighted by Gasteiger charge is 2.19. The van der Waals surface area contributed by atoms with Gasteiger partial charge in [-0.2, -0.15) is 12.6 Å². The molecule has 0 aliphatic carbocycles. The van der Waals surface area contributed by atoms with Crippen LogP contribution < -0.4 is 11.3 Å². The fourth-order valence-electron chi connectivity index (χ4n) is 1.38. The van der Waals surface area contributed by atoms with Gasteiger partial charge in [0.2, 0.25) is 0 Å². The van der Waals surface area contributed by atoms with Crippen molar-refractivity contribution in [1.82, 2.24) is 0 Å². The summed E-state index contributed by atoms with van der Waals surface area (Å²) in [6.45, 7) is 0. The van der Waals surface area contributed by atoms with Crippen LogP contribution in [0.15, 0.2) is 24.3 Å². The molecule has 0 aromatic heterocycles. The number of nitrogens with two attached hydrogens (primary N) is 1. The summed E-state index contributed by atoms with van der Waals surface area (Å²) < 4.78 is 0. The molecule has 4 nitrogen and oxygen atoms in total. The summed E-state index contributed by atoms with van der Waals surface area (Å²) >= 11 is 4.00. The van der Waals surface area contributed by atoms with E-state index in [1.807, 2.05) is 0 Å². The van der Waals surface area contributed by atoms with Crippen molar-refractivity contribution in [3.63, 3.8) is 0 Å². The average molecular weight is 228 g/mol. The minimum absolute atomic E-state index is 0.434. The second-order valence-electron chi connectivity index (χ2n) is 3.26. The molecule has 0 fully saturated rings. The maximum atomic E-state index is 9.85. The number of nitrogen functional groups attached to an aromatic ring is 1. The Kier molecular flexibility index (Phi) is 4.90. The van der Waals surface area contributed by atoms with Crippen LogP contribution >= 0.6 is 12.6 Å². The van der Waals surface area contributed by atoms with Crippen molar-refractivity contribution in [3.05, 3.63) is 29.8 Å². The first-order valence-electron chi connectivity index (χ1n) is 4.73. The van der Waals surface area contributed by atoms with Crippen molar-refractivity contribution in [2.45, 2.75) is 18.6 Å². The van der Waals surface area contributed by atoms with Crippen LogP contribution in [0.3, 0.4) is 0 Å². The molecule has 5 heteroatoms. The summed E-state index contributed by atoms with van der Waals surface area (Å²) in [5.74, 6) is 5.83. The normalized spacial score (nSPS) is 14.7. The number of thiol groups is 1. The summed E-state index contributed by atoms with van der Waals surface area (Å²) in [6, 6.07) is 7.05. The van der Waals surface area contributed by atoms with Gasteiger partial charge in [0.25, 0.3) is 0 Å². The predicted molar refractivity (Wildman–Crippen MR) is 63.7 cm³/mol. The van der Waals surface area contributed by atoms with Gasteiger partial charge in [0, 0.05) is 5.56 Å². The first kappa shape index (κ1) is 12.3. The molecule has 0 heterocycles. The van der Waals surface area contributed by atoms with Gasteiger partial charge in [0.1, 0.15) is 6.10 Å². The van der Waals surface area contributed by atoms with Gasteiger partial charge in [0.15, 0.2) is 0 Å². The molecule has 0 bridgehead atoms. The van der Waals surface area contributed by atoms with E-state index >= 15 is 0 Å². The molecule has 0 spiro atoms. The van der Waals surface area contributed by atoms with E-state index in [1.54, 1.807) is 24.3 Å². The molecule has 1 aromatic carbocycles. The molecule has 1 aromatic rings. The number of hydrazine groups is 1. The lowest BCUT2D eigenvalue weighted by atomic mass is 10.0. The Morgan fingerprint density at radius 1 is 1.33 bits per heavy atom. The standard InChI is InChI=1S/C10H16N2O2S/c11-12-8-4-2-1-3-7(8)10(14)9(13)5-6-15/h1-4,9-10,12-15H,5-6,11H2. The largest absolute Gasteiger partial charge is 0.390 e. The molecule has 0 saturated heterocycles. The van der Waals surface area contributed by atoms with Crippen molar-refractivity contribution in [3.8, 4) is 0 Å². The maximum Gasteiger partial charge on any atom is 0.107 e. The lowest BCUT2D eigenvalue weighted by Gasteiger charge is -2.19. The lowest BCUT2D eigenvalue weighted by molar-refractivity contribution is 0.0176. The van der Waals surface area contributed by atoms with Crippen molar-refractivity contribution in [1.29, 1.82) is 0 Å². The van der Waals surface area contributed by atoms with Gasteiger partial charge in [-0.25, -0.2) is 0 Å². The summed E-state index contributed by atoms with van der Waals surface area (Å²) in [5.41, 5.74) is 3.69. The number of aliphatic hydroxyl groups is 2. The second kappa shape index (κ2) is 5.97. The first-order chi connectivity index (χ1) is 7.20. The van der Waals surface area contributed by atoms with Gasteiger partial charge in [-0.05, 0) is 18.2 Å². The molecular formula is C10H16N2O2S. The number of anilines is 1. The summed E-state index contributed by atoms with van der Waals surface area (Å²) in [4.78, 5) is 0. The van der Waals surface area contributed by atoms with Crippen LogP contribution in [0.5, 0.6) is 0 Å². The van der Waals surface area contributed by atoms with Gasteiger partial charge < -0.3 is 15.6 Å². The van der Waals surface area contributed by atoms with Crippen LogP contribution in [0.2, 0.25) is 0 Å². The van der Waals surface area contributed by atoms with Crippen LogP contribution in [0.25, 0.3) is 0 Å². The fraction of sp³-hybridized carbons (Fsp3) is 0.400. The molecule has 15 heavy (non-hydrogen) atoms. The monoisotopic (exact) mass is 228 g/mol. The minimum Gasteiger partial charge on any atom is -0.390 e. The third-order valence-corrected chi connectivity index (χ3v) is 2.48. The Hall–Kier alpha value is -0.750. The molecule has 0 aliphatic rings. The number of nitrogens with one attached hydrogen (secondary N) is 1.